The normalized spacial score (nSPS) is 28.6. The molecule has 0 bridgehead atoms. The van der Waals surface area contributed by atoms with Crippen molar-refractivity contribution in [1.29, 1.82) is 0 Å². The number of likely N-dealkylation sites (tertiary alicyclic amines) is 1. The van der Waals surface area contributed by atoms with Crippen molar-refractivity contribution in [2.45, 2.75) is 50.6 Å². The third-order valence-corrected chi connectivity index (χ3v) is 4.33. The zero-order valence-corrected chi connectivity index (χ0v) is 11.2. The summed E-state index contributed by atoms with van der Waals surface area (Å²) in [5.41, 5.74) is 0. The molecule has 0 radical (unpaired) electrons. The second-order valence-electron chi connectivity index (χ2n) is 6.16. The van der Waals surface area contributed by atoms with E-state index in [1.165, 1.54) is 45.2 Å². The lowest BCUT2D eigenvalue weighted by molar-refractivity contribution is -0.121. The molecule has 1 saturated heterocycles. The second kappa shape index (κ2) is 5.57. The van der Waals surface area contributed by atoms with Crippen LogP contribution in [-0.4, -0.2) is 49.1 Å². The first kappa shape index (κ1) is 12.4. The molecule has 102 valence electrons. The van der Waals surface area contributed by atoms with E-state index in [4.69, 9.17) is 0 Å². The zero-order valence-electron chi connectivity index (χ0n) is 11.2. The Kier molecular flexibility index (Phi) is 3.85. The highest BCUT2D eigenvalue weighted by molar-refractivity contribution is 5.76. The van der Waals surface area contributed by atoms with E-state index in [1.54, 1.807) is 0 Å². The first-order chi connectivity index (χ1) is 8.81. The van der Waals surface area contributed by atoms with Crippen molar-refractivity contribution in [1.82, 2.24) is 15.5 Å². The van der Waals surface area contributed by atoms with E-state index in [2.05, 4.69) is 15.5 Å². The van der Waals surface area contributed by atoms with E-state index in [1.807, 2.05) is 0 Å². The summed E-state index contributed by atoms with van der Waals surface area (Å²) in [4.78, 5) is 14.3. The van der Waals surface area contributed by atoms with Crippen LogP contribution >= 0.6 is 0 Å². The van der Waals surface area contributed by atoms with Gasteiger partial charge in [0.15, 0.2) is 0 Å². The van der Waals surface area contributed by atoms with Gasteiger partial charge in [0.05, 0.1) is 0 Å². The summed E-state index contributed by atoms with van der Waals surface area (Å²) >= 11 is 0. The van der Waals surface area contributed by atoms with Crippen LogP contribution in [0.25, 0.3) is 0 Å². The van der Waals surface area contributed by atoms with Crippen molar-refractivity contribution in [3.63, 3.8) is 0 Å². The van der Waals surface area contributed by atoms with Gasteiger partial charge in [-0.1, -0.05) is 0 Å². The third kappa shape index (κ3) is 3.69. The predicted octanol–water partition coefficient (Wildman–Crippen LogP) is 0.729. The molecule has 0 spiro atoms. The number of amides is 1. The van der Waals surface area contributed by atoms with Gasteiger partial charge in [-0.05, 0) is 44.6 Å². The first-order valence-electron chi connectivity index (χ1n) is 7.55. The molecule has 3 fully saturated rings. The van der Waals surface area contributed by atoms with Crippen molar-refractivity contribution >= 4 is 5.91 Å². The van der Waals surface area contributed by atoms with E-state index in [9.17, 15) is 4.79 Å². The molecule has 0 aromatic carbocycles. The van der Waals surface area contributed by atoms with Gasteiger partial charge in [-0.3, -0.25) is 4.79 Å². The Labute approximate surface area is 109 Å². The van der Waals surface area contributed by atoms with Gasteiger partial charge in [0.1, 0.15) is 0 Å². The SMILES string of the molecule is O=C(CCNC1CC1)NCC1CCN(C2CC2)C1. The maximum absolute atomic E-state index is 11.7. The lowest BCUT2D eigenvalue weighted by atomic mass is 10.1. The molecule has 0 aromatic heterocycles. The van der Waals surface area contributed by atoms with Crippen LogP contribution in [0.1, 0.15) is 38.5 Å². The van der Waals surface area contributed by atoms with Gasteiger partial charge < -0.3 is 15.5 Å². The van der Waals surface area contributed by atoms with Crippen molar-refractivity contribution < 1.29 is 4.79 Å². The molecule has 2 saturated carbocycles. The molecule has 18 heavy (non-hydrogen) atoms. The fourth-order valence-electron chi connectivity index (χ4n) is 2.82. The lowest BCUT2D eigenvalue weighted by Crippen LogP contribution is -2.33. The molecule has 3 aliphatic rings. The molecular formula is C14H25N3O. The highest BCUT2D eigenvalue weighted by atomic mass is 16.1. The number of nitrogens with zero attached hydrogens (tertiary/aromatic N) is 1. The van der Waals surface area contributed by atoms with E-state index in [0.29, 0.717) is 18.4 Å². The largest absolute Gasteiger partial charge is 0.356 e. The molecule has 0 aromatic rings. The number of rotatable bonds is 7. The summed E-state index contributed by atoms with van der Waals surface area (Å²) in [5, 5.41) is 6.47. The molecule has 2 aliphatic carbocycles. The fraction of sp³-hybridized carbons (Fsp3) is 0.929. The lowest BCUT2D eigenvalue weighted by Gasteiger charge is -2.15. The average Bonchev–Trinajstić information content (AvgIpc) is 3.28. The van der Waals surface area contributed by atoms with Gasteiger partial charge in [0.2, 0.25) is 5.91 Å². The average molecular weight is 251 g/mol. The Morgan fingerprint density at radius 3 is 2.72 bits per heavy atom. The molecular weight excluding hydrogens is 226 g/mol. The predicted molar refractivity (Wildman–Crippen MR) is 71.4 cm³/mol. The van der Waals surface area contributed by atoms with Crippen molar-refractivity contribution in [3.8, 4) is 0 Å². The van der Waals surface area contributed by atoms with Crippen molar-refractivity contribution in [2.75, 3.05) is 26.2 Å². The third-order valence-electron chi connectivity index (χ3n) is 4.33. The van der Waals surface area contributed by atoms with Crippen LogP contribution in [0.2, 0.25) is 0 Å². The molecule has 1 heterocycles. The van der Waals surface area contributed by atoms with Gasteiger partial charge in [0.25, 0.3) is 0 Å². The van der Waals surface area contributed by atoms with Crippen LogP contribution in [-0.2, 0) is 4.79 Å². The molecule has 4 heteroatoms. The van der Waals surface area contributed by atoms with Crippen molar-refractivity contribution in [2.24, 2.45) is 5.92 Å². The summed E-state index contributed by atoms with van der Waals surface area (Å²) in [5.74, 6) is 0.902. The van der Waals surface area contributed by atoms with E-state index in [-0.39, 0.29) is 5.91 Å². The minimum Gasteiger partial charge on any atom is -0.356 e. The quantitative estimate of drug-likeness (QED) is 0.701. The first-order valence-corrected chi connectivity index (χ1v) is 7.55. The highest BCUT2D eigenvalue weighted by Crippen LogP contribution is 2.31. The Morgan fingerprint density at radius 2 is 2.00 bits per heavy atom. The van der Waals surface area contributed by atoms with Crippen LogP contribution < -0.4 is 10.6 Å². The molecule has 3 rings (SSSR count). The molecule has 4 nitrogen and oxygen atoms in total. The van der Waals surface area contributed by atoms with Gasteiger partial charge in [-0.15, -0.1) is 0 Å². The Bertz CT molecular complexity index is 299. The number of carbonyl (C=O) groups excluding carboxylic acids is 1. The Balaban J connectivity index is 1.25. The smallest absolute Gasteiger partial charge is 0.221 e. The summed E-state index contributed by atoms with van der Waals surface area (Å²) in [6, 6.07) is 1.59. The van der Waals surface area contributed by atoms with Crippen LogP contribution in [0, 0.1) is 5.92 Å². The molecule has 1 amide bonds. The Morgan fingerprint density at radius 1 is 1.17 bits per heavy atom. The van der Waals surface area contributed by atoms with Gasteiger partial charge in [-0.25, -0.2) is 0 Å². The van der Waals surface area contributed by atoms with E-state index < -0.39 is 0 Å². The minimum atomic E-state index is 0.216. The van der Waals surface area contributed by atoms with Crippen molar-refractivity contribution in [3.05, 3.63) is 0 Å². The number of hydrogen-bond donors (Lipinski definition) is 2. The molecule has 1 unspecified atom stereocenters. The number of hydrogen-bond acceptors (Lipinski definition) is 3. The topological polar surface area (TPSA) is 44.4 Å². The summed E-state index contributed by atoms with van der Waals surface area (Å²) in [6.45, 7) is 4.17. The molecule has 1 atom stereocenters. The van der Waals surface area contributed by atoms with Crippen LogP contribution in [0.4, 0.5) is 0 Å². The van der Waals surface area contributed by atoms with Gasteiger partial charge in [-0.2, -0.15) is 0 Å². The van der Waals surface area contributed by atoms with Gasteiger partial charge in [0, 0.05) is 38.1 Å². The van der Waals surface area contributed by atoms with Crippen LogP contribution in [0.5, 0.6) is 0 Å². The monoisotopic (exact) mass is 251 g/mol. The zero-order chi connectivity index (χ0) is 12.4. The molecule has 1 aliphatic heterocycles. The summed E-state index contributed by atoms with van der Waals surface area (Å²) in [6.07, 6.45) is 7.27. The minimum absolute atomic E-state index is 0.216. The second-order valence-corrected chi connectivity index (χ2v) is 6.16. The van der Waals surface area contributed by atoms with Gasteiger partial charge >= 0.3 is 0 Å². The fourth-order valence-corrected chi connectivity index (χ4v) is 2.82. The summed E-state index contributed by atoms with van der Waals surface area (Å²) < 4.78 is 0. The summed E-state index contributed by atoms with van der Waals surface area (Å²) in [7, 11) is 0. The highest BCUT2D eigenvalue weighted by Gasteiger charge is 2.34. The number of nitrogens with one attached hydrogen (secondary N) is 2. The number of carbonyl (C=O) groups is 1. The van der Waals surface area contributed by atoms with Crippen LogP contribution in [0.15, 0.2) is 0 Å². The van der Waals surface area contributed by atoms with Crippen LogP contribution in [0.3, 0.4) is 0 Å². The maximum atomic E-state index is 11.7. The standard InChI is InChI=1S/C14H25N3O/c18-14(5-7-15-12-1-2-12)16-9-11-6-8-17(10-11)13-3-4-13/h11-13,15H,1-10H2,(H,16,18). The molecule has 2 N–H and O–H groups in total. The maximum Gasteiger partial charge on any atom is 0.221 e. The Hall–Kier alpha value is -0.610. The van der Waals surface area contributed by atoms with E-state index in [0.717, 1.165) is 19.1 Å². The van der Waals surface area contributed by atoms with E-state index >= 15 is 0 Å².